The molecule has 1 aliphatic heterocycles. The van der Waals surface area contributed by atoms with Gasteiger partial charge in [0.15, 0.2) is 5.16 Å². The van der Waals surface area contributed by atoms with E-state index in [9.17, 15) is 0 Å². The monoisotopic (exact) mass is 226 g/mol. The van der Waals surface area contributed by atoms with E-state index in [2.05, 4.69) is 15.4 Å². The van der Waals surface area contributed by atoms with Gasteiger partial charge in [-0.15, -0.1) is 0 Å². The molecule has 0 amide bonds. The molecule has 0 radical (unpaired) electrons. The first-order valence-corrected chi connectivity index (χ1v) is 6.52. The van der Waals surface area contributed by atoms with E-state index in [-0.39, 0.29) is 0 Å². The summed E-state index contributed by atoms with van der Waals surface area (Å²) in [6.07, 6.45) is 5.59. The molecule has 0 saturated carbocycles. The fourth-order valence-corrected chi connectivity index (χ4v) is 2.89. The molecule has 0 aliphatic carbocycles. The fourth-order valence-electron chi connectivity index (χ4n) is 1.90. The van der Waals surface area contributed by atoms with Crippen LogP contribution in [0.15, 0.2) is 11.5 Å². The summed E-state index contributed by atoms with van der Waals surface area (Å²) in [6.45, 7) is 2.39. The molecule has 1 aliphatic rings. The van der Waals surface area contributed by atoms with E-state index < -0.39 is 0 Å². The summed E-state index contributed by atoms with van der Waals surface area (Å²) in [6, 6.07) is 0. The van der Waals surface area contributed by atoms with Crippen LogP contribution in [0.3, 0.4) is 0 Å². The quantitative estimate of drug-likeness (QED) is 0.786. The van der Waals surface area contributed by atoms with Gasteiger partial charge in [-0.3, -0.25) is 0 Å². The van der Waals surface area contributed by atoms with Gasteiger partial charge in [-0.05, 0) is 38.3 Å². The number of thioether (sulfide) groups is 1. The van der Waals surface area contributed by atoms with Gasteiger partial charge in [0, 0.05) is 12.8 Å². The second-order valence-electron chi connectivity index (χ2n) is 4.00. The number of hydrogen-bond acceptors (Lipinski definition) is 4. The average molecular weight is 226 g/mol. The van der Waals surface area contributed by atoms with Crippen LogP contribution in [0.1, 0.15) is 19.3 Å². The Kier molecular flexibility index (Phi) is 4.02. The second-order valence-corrected chi connectivity index (χ2v) is 5.06. The number of aryl methyl sites for hydroxylation is 1. The van der Waals surface area contributed by atoms with Crippen LogP contribution < -0.4 is 5.32 Å². The minimum Gasteiger partial charge on any atom is -0.317 e. The third-order valence-corrected chi connectivity index (χ3v) is 3.95. The highest BCUT2D eigenvalue weighted by molar-refractivity contribution is 7.99. The Morgan fingerprint density at radius 2 is 2.33 bits per heavy atom. The van der Waals surface area contributed by atoms with Gasteiger partial charge in [0.25, 0.3) is 0 Å². The molecule has 4 nitrogen and oxygen atoms in total. The minimum absolute atomic E-state index is 0.909. The lowest BCUT2D eigenvalue weighted by Gasteiger charge is -2.21. The first kappa shape index (κ1) is 11.0. The van der Waals surface area contributed by atoms with Crippen LogP contribution in [-0.4, -0.2) is 33.6 Å². The maximum Gasteiger partial charge on any atom is 0.185 e. The van der Waals surface area contributed by atoms with Crippen LogP contribution >= 0.6 is 11.8 Å². The molecule has 2 heterocycles. The van der Waals surface area contributed by atoms with Crippen molar-refractivity contribution < 1.29 is 0 Å². The number of nitrogens with one attached hydrogen (secondary N) is 1. The zero-order chi connectivity index (χ0) is 10.5. The van der Waals surface area contributed by atoms with E-state index >= 15 is 0 Å². The zero-order valence-electron chi connectivity index (χ0n) is 9.15. The van der Waals surface area contributed by atoms with Crippen LogP contribution in [-0.2, 0) is 7.05 Å². The van der Waals surface area contributed by atoms with Crippen LogP contribution in [0, 0.1) is 5.92 Å². The number of aromatic nitrogens is 3. The van der Waals surface area contributed by atoms with Gasteiger partial charge < -0.3 is 5.32 Å². The molecular formula is C10H18N4S. The Balaban J connectivity index is 1.68. The standard InChI is InChI=1S/C10H18N4S/c1-14-10(12-8-13-14)15-7-4-9-2-5-11-6-3-9/h8-9,11H,2-7H2,1H3. The molecule has 1 N–H and O–H groups in total. The van der Waals surface area contributed by atoms with E-state index in [1.807, 2.05) is 23.5 Å². The molecule has 84 valence electrons. The SMILES string of the molecule is Cn1ncnc1SCCC1CCNCC1. The van der Waals surface area contributed by atoms with Crippen molar-refractivity contribution in [2.24, 2.45) is 13.0 Å². The van der Waals surface area contributed by atoms with Crippen molar-refractivity contribution in [2.45, 2.75) is 24.4 Å². The summed E-state index contributed by atoms with van der Waals surface area (Å²) in [4.78, 5) is 4.20. The highest BCUT2D eigenvalue weighted by Crippen LogP contribution is 2.21. The molecule has 0 unspecified atom stereocenters. The summed E-state index contributed by atoms with van der Waals surface area (Å²) in [5.74, 6) is 2.07. The van der Waals surface area contributed by atoms with Gasteiger partial charge >= 0.3 is 0 Å². The molecule has 1 fully saturated rings. The average Bonchev–Trinajstić information content (AvgIpc) is 2.66. The Labute approximate surface area is 94.8 Å². The number of piperidine rings is 1. The summed E-state index contributed by atoms with van der Waals surface area (Å²) in [7, 11) is 1.94. The zero-order valence-corrected chi connectivity index (χ0v) is 9.96. The molecule has 15 heavy (non-hydrogen) atoms. The van der Waals surface area contributed by atoms with E-state index in [0.29, 0.717) is 0 Å². The Hall–Kier alpha value is -0.550. The first-order chi connectivity index (χ1) is 7.36. The topological polar surface area (TPSA) is 42.7 Å². The highest BCUT2D eigenvalue weighted by atomic mass is 32.2. The van der Waals surface area contributed by atoms with Crippen molar-refractivity contribution >= 4 is 11.8 Å². The van der Waals surface area contributed by atoms with E-state index in [1.165, 1.54) is 32.4 Å². The van der Waals surface area contributed by atoms with Gasteiger partial charge in [0.05, 0.1) is 0 Å². The van der Waals surface area contributed by atoms with Crippen LogP contribution in [0.25, 0.3) is 0 Å². The summed E-state index contributed by atoms with van der Waals surface area (Å²) >= 11 is 1.82. The Morgan fingerprint density at radius 3 is 3.00 bits per heavy atom. The van der Waals surface area contributed by atoms with Crippen molar-refractivity contribution in [3.63, 3.8) is 0 Å². The van der Waals surface area contributed by atoms with Crippen LogP contribution in [0.5, 0.6) is 0 Å². The molecule has 0 atom stereocenters. The Bertz CT molecular complexity index is 293. The number of nitrogens with zero attached hydrogens (tertiary/aromatic N) is 3. The van der Waals surface area contributed by atoms with Crippen molar-refractivity contribution in [3.8, 4) is 0 Å². The van der Waals surface area contributed by atoms with Gasteiger partial charge in [-0.1, -0.05) is 11.8 Å². The fraction of sp³-hybridized carbons (Fsp3) is 0.800. The van der Waals surface area contributed by atoms with Gasteiger partial charge in [0.1, 0.15) is 6.33 Å². The lowest BCUT2D eigenvalue weighted by Crippen LogP contribution is -2.27. The van der Waals surface area contributed by atoms with Crippen molar-refractivity contribution in [3.05, 3.63) is 6.33 Å². The summed E-state index contributed by atoms with van der Waals surface area (Å²) < 4.78 is 1.84. The predicted octanol–water partition coefficient (Wildman–Crippen LogP) is 1.30. The van der Waals surface area contributed by atoms with E-state index in [1.54, 1.807) is 6.33 Å². The molecule has 1 aromatic rings. The van der Waals surface area contributed by atoms with Crippen molar-refractivity contribution in [1.82, 2.24) is 20.1 Å². The highest BCUT2D eigenvalue weighted by Gasteiger charge is 2.12. The molecular weight excluding hydrogens is 208 g/mol. The first-order valence-electron chi connectivity index (χ1n) is 5.54. The van der Waals surface area contributed by atoms with Crippen LogP contribution in [0.4, 0.5) is 0 Å². The lowest BCUT2D eigenvalue weighted by atomic mass is 9.96. The normalized spacial score (nSPS) is 18.2. The summed E-state index contributed by atoms with van der Waals surface area (Å²) in [5.41, 5.74) is 0. The molecule has 0 spiro atoms. The molecule has 2 rings (SSSR count). The Morgan fingerprint density at radius 1 is 1.53 bits per heavy atom. The van der Waals surface area contributed by atoms with Crippen molar-refractivity contribution in [2.75, 3.05) is 18.8 Å². The largest absolute Gasteiger partial charge is 0.317 e. The van der Waals surface area contributed by atoms with Crippen LogP contribution in [0.2, 0.25) is 0 Å². The van der Waals surface area contributed by atoms with Gasteiger partial charge in [0.2, 0.25) is 0 Å². The maximum atomic E-state index is 4.20. The minimum atomic E-state index is 0.909. The third-order valence-electron chi connectivity index (χ3n) is 2.89. The van der Waals surface area contributed by atoms with Gasteiger partial charge in [-0.2, -0.15) is 5.10 Å². The molecule has 1 aromatic heterocycles. The van der Waals surface area contributed by atoms with Gasteiger partial charge in [-0.25, -0.2) is 9.67 Å². The smallest absolute Gasteiger partial charge is 0.185 e. The maximum absolute atomic E-state index is 4.20. The molecule has 5 heteroatoms. The molecule has 0 bridgehead atoms. The number of rotatable bonds is 4. The van der Waals surface area contributed by atoms with E-state index in [4.69, 9.17) is 0 Å². The molecule has 0 aromatic carbocycles. The third kappa shape index (κ3) is 3.21. The lowest BCUT2D eigenvalue weighted by molar-refractivity contribution is 0.367. The second kappa shape index (κ2) is 5.51. The van der Waals surface area contributed by atoms with E-state index in [0.717, 1.165) is 16.8 Å². The predicted molar refractivity (Wildman–Crippen MR) is 61.9 cm³/mol. The van der Waals surface area contributed by atoms with Crippen molar-refractivity contribution in [1.29, 1.82) is 0 Å². The summed E-state index contributed by atoms with van der Waals surface area (Å²) in [5, 5.41) is 8.48. The number of hydrogen-bond donors (Lipinski definition) is 1. The molecule has 1 saturated heterocycles.